The van der Waals surface area contributed by atoms with Gasteiger partial charge in [-0.15, -0.1) is 0 Å². The number of pyridine rings is 1. The molecule has 0 fully saturated rings. The first-order chi connectivity index (χ1) is 5.42. The molecule has 2 rings (SSSR count). The second-order valence-electron chi connectivity index (χ2n) is 2.54. The minimum atomic E-state index is 0.701. The smallest absolute Gasteiger partial charge is 0.101 e. The average Bonchev–Trinajstić information content (AvgIpc) is 2.50. The van der Waals surface area contributed by atoms with Crippen molar-refractivity contribution in [3.05, 3.63) is 29.1 Å². The van der Waals surface area contributed by atoms with E-state index in [4.69, 9.17) is 5.26 Å². The second kappa shape index (κ2) is 2.33. The lowest BCUT2D eigenvalue weighted by Gasteiger charge is -1.96. The van der Waals surface area contributed by atoms with Crippen molar-refractivity contribution in [1.29, 1.82) is 5.26 Å². The van der Waals surface area contributed by atoms with Crippen molar-refractivity contribution >= 4 is 0 Å². The maximum absolute atomic E-state index is 8.68. The maximum Gasteiger partial charge on any atom is 0.101 e. The third-order valence-corrected chi connectivity index (χ3v) is 1.88. The maximum atomic E-state index is 8.68. The van der Waals surface area contributed by atoms with Crippen molar-refractivity contribution in [2.45, 2.75) is 13.1 Å². The van der Waals surface area contributed by atoms with Gasteiger partial charge < -0.3 is 5.32 Å². The molecule has 0 atom stereocenters. The molecule has 0 spiro atoms. The number of nitrogens with one attached hydrogen (secondary N) is 1. The number of hydrogen-bond donors (Lipinski definition) is 1. The largest absolute Gasteiger partial charge is 0.308 e. The number of hydrogen-bond acceptors (Lipinski definition) is 3. The van der Waals surface area contributed by atoms with Gasteiger partial charge in [0.2, 0.25) is 0 Å². The van der Waals surface area contributed by atoms with Gasteiger partial charge in [0.15, 0.2) is 0 Å². The van der Waals surface area contributed by atoms with Crippen LogP contribution >= 0.6 is 0 Å². The molecule has 3 heteroatoms. The van der Waals surface area contributed by atoms with Gasteiger partial charge in [-0.1, -0.05) is 0 Å². The zero-order chi connectivity index (χ0) is 7.68. The molecule has 3 nitrogen and oxygen atoms in total. The molecular formula is C8H7N3. The van der Waals surface area contributed by atoms with Crippen LogP contribution in [0.1, 0.15) is 16.7 Å². The van der Waals surface area contributed by atoms with E-state index in [1.54, 1.807) is 6.20 Å². The van der Waals surface area contributed by atoms with E-state index in [0.29, 0.717) is 5.56 Å². The Morgan fingerprint density at radius 3 is 3.18 bits per heavy atom. The summed E-state index contributed by atoms with van der Waals surface area (Å²) in [6.45, 7) is 1.65. The SMILES string of the molecule is N#Cc1cncc2c1CNC2. The molecule has 0 saturated heterocycles. The number of nitriles is 1. The van der Waals surface area contributed by atoms with Gasteiger partial charge in [-0.3, -0.25) is 4.98 Å². The Kier molecular flexibility index (Phi) is 1.34. The third kappa shape index (κ3) is 0.883. The summed E-state index contributed by atoms with van der Waals surface area (Å²) >= 11 is 0. The molecular weight excluding hydrogens is 138 g/mol. The lowest BCUT2D eigenvalue weighted by molar-refractivity contribution is 0.764. The van der Waals surface area contributed by atoms with E-state index in [2.05, 4.69) is 16.4 Å². The summed E-state index contributed by atoms with van der Waals surface area (Å²) in [7, 11) is 0. The van der Waals surface area contributed by atoms with Gasteiger partial charge in [-0.05, 0) is 11.1 Å². The van der Waals surface area contributed by atoms with Crippen molar-refractivity contribution in [3.8, 4) is 6.07 Å². The summed E-state index contributed by atoms with van der Waals surface area (Å²) in [4.78, 5) is 3.96. The van der Waals surface area contributed by atoms with E-state index in [1.807, 2.05) is 6.20 Å². The molecule has 1 N–H and O–H groups in total. The first-order valence-electron chi connectivity index (χ1n) is 3.48. The molecule has 1 aliphatic heterocycles. The first kappa shape index (κ1) is 6.32. The Bertz CT molecular complexity index is 325. The van der Waals surface area contributed by atoms with Gasteiger partial charge in [-0.25, -0.2) is 0 Å². The molecule has 0 radical (unpaired) electrons. The fourth-order valence-corrected chi connectivity index (χ4v) is 1.31. The Hall–Kier alpha value is -1.40. The van der Waals surface area contributed by atoms with Gasteiger partial charge in [0.25, 0.3) is 0 Å². The van der Waals surface area contributed by atoms with Crippen molar-refractivity contribution in [1.82, 2.24) is 10.3 Å². The van der Waals surface area contributed by atoms with Crippen LogP contribution in [0.15, 0.2) is 12.4 Å². The molecule has 11 heavy (non-hydrogen) atoms. The van der Waals surface area contributed by atoms with Gasteiger partial charge in [0.05, 0.1) is 5.56 Å². The van der Waals surface area contributed by atoms with Gasteiger partial charge in [-0.2, -0.15) is 5.26 Å². The fraction of sp³-hybridized carbons (Fsp3) is 0.250. The molecule has 0 aliphatic carbocycles. The zero-order valence-corrected chi connectivity index (χ0v) is 5.96. The van der Waals surface area contributed by atoms with E-state index in [-0.39, 0.29) is 0 Å². The van der Waals surface area contributed by atoms with Crippen molar-refractivity contribution in [3.63, 3.8) is 0 Å². The Morgan fingerprint density at radius 1 is 1.45 bits per heavy atom. The molecule has 0 amide bonds. The van der Waals surface area contributed by atoms with E-state index in [0.717, 1.165) is 24.2 Å². The number of aromatic nitrogens is 1. The molecule has 0 bridgehead atoms. The van der Waals surface area contributed by atoms with E-state index in [1.165, 1.54) is 0 Å². The molecule has 54 valence electrons. The summed E-state index contributed by atoms with van der Waals surface area (Å²) in [6, 6.07) is 2.12. The van der Waals surface area contributed by atoms with Crippen molar-refractivity contribution in [2.75, 3.05) is 0 Å². The average molecular weight is 145 g/mol. The van der Waals surface area contributed by atoms with Gasteiger partial charge in [0, 0.05) is 25.5 Å². The standard InChI is InChI=1S/C8H7N3/c9-1-6-2-10-3-7-4-11-5-8(6)7/h2-3,11H,4-5H2. The predicted octanol–water partition coefficient (Wildman–Crippen LogP) is 0.556. The summed E-state index contributed by atoms with van der Waals surface area (Å²) in [5.74, 6) is 0. The van der Waals surface area contributed by atoms with Crippen molar-refractivity contribution in [2.24, 2.45) is 0 Å². The fourth-order valence-electron chi connectivity index (χ4n) is 1.31. The predicted molar refractivity (Wildman–Crippen MR) is 39.5 cm³/mol. The summed E-state index contributed by atoms with van der Waals surface area (Å²) in [6.07, 6.45) is 3.43. The highest BCUT2D eigenvalue weighted by molar-refractivity contribution is 5.41. The lowest BCUT2D eigenvalue weighted by Crippen LogP contribution is -2.00. The number of nitrogens with zero attached hydrogens (tertiary/aromatic N) is 2. The van der Waals surface area contributed by atoms with E-state index >= 15 is 0 Å². The summed E-state index contributed by atoms with van der Waals surface area (Å²) in [5.41, 5.74) is 2.97. The van der Waals surface area contributed by atoms with E-state index < -0.39 is 0 Å². The molecule has 1 aromatic rings. The lowest BCUT2D eigenvalue weighted by atomic mass is 10.1. The Morgan fingerprint density at radius 2 is 2.36 bits per heavy atom. The first-order valence-corrected chi connectivity index (χ1v) is 3.48. The zero-order valence-electron chi connectivity index (χ0n) is 5.96. The van der Waals surface area contributed by atoms with Crippen LogP contribution in [0.25, 0.3) is 0 Å². The van der Waals surface area contributed by atoms with Crippen LogP contribution < -0.4 is 5.32 Å². The van der Waals surface area contributed by atoms with Crippen LogP contribution in [-0.4, -0.2) is 4.98 Å². The quantitative estimate of drug-likeness (QED) is 0.580. The second-order valence-corrected chi connectivity index (χ2v) is 2.54. The third-order valence-electron chi connectivity index (χ3n) is 1.88. The van der Waals surface area contributed by atoms with Crippen LogP contribution in [-0.2, 0) is 13.1 Å². The van der Waals surface area contributed by atoms with Crippen LogP contribution in [0.3, 0.4) is 0 Å². The highest BCUT2D eigenvalue weighted by Gasteiger charge is 2.13. The minimum absolute atomic E-state index is 0.701. The molecule has 1 aliphatic rings. The van der Waals surface area contributed by atoms with E-state index in [9.17, 15) is 0 Å². The van der Waals surface area contributed by atoms with Crippen molar-refractivity contribution < 1.29 is 0 Å². The highest BCUT2D eigenvalue weighted by atomic mass is 14.9. The highest BCUT2D eigenvalue weighted by Crippen LogP contribution is 2.16. The molecule has 0 aromatic carbocycles. The van der Waals surface area contributed by atoms with Crippen LogP contribution in [0.2, 0.25) is 0 Å². The topological polar surface area (TPSA) is 48.7 Å². The summed E-state index contributed by atoms with van der Waals surface area (Å²) < 4.78 is 0. The van der Waals surface area contributed by atoms with Crippen LogP contribution in [0, 0.1) is 11.3 Å². The Balaban J connectivity index is 2.61. The number of fused-ring (bicyclic) bond motifs is 1. The van der Waals surface area contributed by atoms with Gasteiger partial charge in [0.1, 0.15) is 6.07 Å². The molecule has 0 unspecified atom stereocenters. The monoisotopic (exact) mass is 145 g/mol. The number of rotatable bonds is 0. The Labute approximate surface area is 64.7 Å². The minimum Gasteiger partial charge on any atom is -0.308 e. The molecule has 1 aromatic heterocycles. The van der Waals surface area contributed by atoms with Crippen LogP contribution in [0.5, 0.6) is 0 Å². The molecule has 2 heterocycles. The molecule has 0 saturated carbocycles. The van der Waals surface area contributed by atoms with Gasteiger partial charge >= 0.3 is 0 Å². The summed E-state index contributed by atoms with van der Waals surface area (Å²) in [5, 5.41) is 11.9. The normalized spacial score (nSPS) is 14.1. The van der Waals surface area contributed by atoms with Crippen LogP contribution in [0.4, 0.5) is 0 Å².